The number of hydrogen-bond donors (Lipinski definition) is 3. The molecule has 9 heteroatoms. The summed E-state index contributed by atoms with van der Waals surface area (Å²) in [5.74, 6) is -0.811. The molecule has 3 aromatic rings. The number of hydrazone groups is 1. The molecule has 3 rings (SSSR count). The van der Waals surface area contributed by atoms with Crippen molar-refractivity contribution in [2.24, 2.45) is 5.10 Å². The SMILES string of the molecule is CCCCOc1ccc(NC(=O)C(=O)N/N=C\c2ccc(OCC(=O)Nc3ccc(CC)cc3)cc2)cc1. The minimum Gasteiger partial charge on any atom is -0.494 e. The van der Waals surface area contributed by atoms with Crippen molar-refractivity contribution in [3.63, 3.8) is 0 Å². The Labute approximate surface area is 222 Å². The normalized spacial score (nSPS) is 10.6. The van der Waals surface area contributed by atoms with Gasteiger partial charge in [0.1, 0.15) is 11.5 Å². The number of rotatable bonds is 12. The predicted octanol–water partition coefficient (Wildman–Crippen LogP) is 4.53. The molecule has 0 bridgehead atoms. The third-order valence-corrected chi connectivity index (χ3v) is 5.36. The van der Waals surface area contributed by atoms with Crippen molar-refractivity contribution in [2.75, 3.05) is 23.8 Å². The largest absolute Gasteiger partial charge is 0.494 e. The molecule has 0 radical (unpaired) electrons. The third-order valence-electron chi connectivity index (χ3n) is 5.36. The number of aryl methyl sites for hydroxylation is 1. The quantitative estimate of drug-likeness (QED) is 0.141. The van der Waals surface area contributed by atoms with Crippen molar-refractivity contribution >= 4 is 35.3 Å². The number of carbonyl (C=O) groups is 3. The van der Waals surface area contributed by atoms with Crippen LogP contribution in [0.15, 0.2) is 77.9 Å². The third kappa shape index (κ3) is 9.42. The maximum Gasteiger partial charge on any atom is 0.329 e. The Morgan fingerprint density at radius 2 is 1.37 bits per heavy atom. The van der Waals surface area contributed by atoms with Crippen molar-refractivity contribution in [1.82, 2.24) is 5.43 Å². The fourth-order valence-electron chi connectivity index (χ4n) is 3.19. The molecule has 198 valence electrons. The van der Waals surface area contributed by atoms with E-state index in [2.05, 4.69) is 35.0 Å². The summed E-state index contributed by atoms with van der Waals surface area (Å²) in [5.41, 5.74) is 5.23. The number of benzene rings is 3. The molecule has 0 aliphatic carbocycles. The lowest BCUT2D eigenvalue weighted by Gasteiger charge is -2.08. The first-order valence-corrected chi connectivity index (χ1v) is 12.5. The number of nitrogens with one attached hydrogen (secondary N) is 3. The number of anilines is 2. The summed E-state index contributed by atoms with van der Waals surface area (Å²) < 4.78 is 11.1. The molecule has 0 heterocycles. The Morgan fingerprint density at radius 1 is 0.763 bits per heavy atom. The standard InChI is InChI=1S/C29H32N4O5/c1-3-5-18-37-25-16-12-24(13-17-25)32-28(35)29(36)33-30-19-22-8-14-26(15-9-22)38-20-27(34)31-23-10-6-21(4-2)7-11-23/h6-17,19H,3-5,18,20H2,1-2H3,(H,31,34)(H,32,35)(H,33,36)/b30-19-. The monoisotopic (exact) mass is 516 g/mol. The van der Waals surface area contributed by atoms with Crippen LogP contribution in [0.5, 0.6) is 11.5 Å². The number of carbonyl (C=O) groups excluding carboxylic acids is 3. The minimum atomic E-state index is -0.903. The molecule has 38 heavy (non-hydrogen) atoms. The summed E-state index contributed by atoms with van der Waals surface area (Å²) in [7, 11) is 0. The lowest BCUT2D eigenvalue weighted by molar-refractivity contribution is -0.136. The van der Waals surface area contributed by atoms with Crippen LogP contribution in [0.1, 0.15) is 37.8 Å². The van der Waals surface area contributed by atoms with Crippen molar-refractivity contribution in [2.45, 2.75) is 33.1 Å². The summed E-state index contributed by atoms with van der Waals surface area (Å²) >= 11 is 0. The van der Waals surface area contributed by atoms with Crippen LogP contribution in [0.4, 0.5) is 11.4 Å². The van der Waals surface area contributed by atoms with Gasteiger partial charge < -0.3 is 20.1 Å². The Balaban J connectivity index is 1.39. The van der Waals surface area contributed by atoms with Crippen LogP contribution in [0.3, 0.4) is 0 Å². The van der Waals surface area contributed by atoms with Gasteiger partial charge in [0, 0.05) is 11.4 Å². The summed E-state index contributed by atoms with van der Waals surface area (Å²) in [4.78, 5) is 36.2. The van der Waals surface area contributed by atoms with Gasteiger partial charge in [0.25, 0.3) is 5.91 Å². The molecule has 9 nitrogen and oxygen atoms in total. The van der Waals surface area contributed by atoms with Crippen LogP contribution in [-0.4, -0.2) is 37.1 Å². The summed E-state index contributed by atoms with van der Waals surface area (Å²) in [6, 6.07) is 21.2. The number of hydrogen-bond acceptors (Lipinski definition) is 6. The smallest absolute Gasteiger partial charge is 0.329 e. The van der Waals surface area contributed by atoms with Gasteiger partial charge in [0.15, 0.2) is 6.61 Å². The highest BCUT2D eigenvalue weighted by Crippen LogP contribution is 2.16. The van der Waals surface area contributed by atoms with Gasteiger partial charge in [-0.2, -0.15) is 5.10 Å². The van der Waals surface area contributed by atoms with Gasteiger partial charge in [-0.15, -0.1) is 0 Å². The Hall–Kier alpha value is -4.66. The fourth-order valence-corrected chi connectivity index (χ4v) is 3.19. The Bertz CT molecular complexity index is 1220. The van der Waals surface area contributed by atoms with Crippen LogP contribution >= 0.6 is 0 Å². The van der Waals surface area contributed by atoms with Crippen LogP contribution in [-0.2, 0) is 20.8 Å². The first-order valence-electron chi connectivity index (χ1n) is 12.5. The molecule has 0 fully saturated rings. The van der Waals surface area contributed by atoms with Crippen molar-refractivity contribution in [3.05, 3.63) is 83.9 Å². The zero-order chi connectivity index (χ0) is 27.2. The van der Waals surface area contributed by atoms with Crippen molar-refractivity contribution < 1.29 is 23.9 Å². The second-order valence-corrected chi connectivity index (χ2v) is 8.34. The number of ether oxygens (including phenoxy) is 2. The second kappa shape index (κ2) is 14.8. The molecule has 3 N–H and O–H groups in total. The Kier molecular flexibility index (Phi) is 10.9. The summed E-state index contributed by atoms with van der Waals surface area (Å²) in [6.45, 7) is 4.65. The van der Waals surface area contributed by atoms with Crippen molar-refractivity contribution in [1.29, 1.82) is 0 Å². The average Bonchev–Trinajstić information content (AvgIpc) is 2.94. The minimum absolute atomic E-state index is 0.136. The molecule has 0 saturated carbocycles. The molecule has 0 aromatic heterocycles. The van der Waals surface area contributed by atoms with Crippen LogP contribution < -0.4 is 25.5 Å². The number of amides is 3. The van der Waals surface area contributed by atoms with Gasteiger partial charge in [-0.05, 0) is 84.6 Å². The molecule has 0 unspecified atom stereocenters. The number of unbranched alkanes of at least 4 members (excludes halogenated alkanes) is 1. The first kappa shape index (κ1) is 27.9. The molecular weight excluding hydrogens is 484 g/mol. The van der Waals surface area contributed by atoms with Crippen LogP contribution in [0.25, 0.3) is 0 Å². The molecule has 0 atom stereocenters. The highest BCUT2D eigenvalue weighted by molar-refractivity contribution is 6.39. The van der Waals surface area contributed by atoms with Gasteiger partial charge in [0.2, 0.25) is 0 Å². The van der Waals surface area contributed by atoms with E-state index < -0.39 is 11.8 Å². The summed E-state index contributed by atoms with van der Waals surface area (Å²) in [5, 5.41) is 9.10. The van der Waals surface area contributed by atoms with Gasteiger partial charge >= 0.3 is 11.8 Å². The van der Waals surface area contributed by atoms with Crippen molar-refractivity contribution in [3.8, 4) is 11.5 Å². The highest BCUT2D eigenvalue weighted by Gasteiger charge is 2.13. The van der Waals surface area contributed by atoms with Crippen LogP contribution in [0, 0.1) is 0 Å². The van der Waals surface area contributed by atoms with E-state index in [-0.39, 0.29) is 12.5 Å². The highest BCUT2D eigenvalue weighted by atomic mass is 16.5. The number of nitrogens with zero attached hydrogens (tertiary/aromatic N) is 1. The van der Waals surface area contributed by atoms with Gasteiger partial charge in [0.05, 0.1) is 12.8 Å². The van der Waals surface area contributed by atoms with E-state index in [0.29, 0.717) is 35.0 Å². The lowest BCUT2D eigenvalue weighted by Crippen LogP contribution is -2.32. The molecule has 0 aliphatic heterocycles. The molecule has 0 spiro atoms. The van der Waals surface area contributed by atoms with E-state index in [1.807, 2.05) is 24.3 Å². The molecule has 0 saturated heterocycles. The van der Waals surface area contributed by atoms with E-state index in [1.165, 1.54) is 11.8 Å². The zero-order valence-electron chi connectivity index (χ0n) is 21.5. The average molecular weight is 517 g/mol. The van der Waals surface area contributed by atoms with Gasteiger partial charge in [-0.3, -0.25) is 14.4 Å². The predicted molar refractivity (Wildman–Crippen MR) is 148 cm³/mol. The second-order valence-electron chi connectivity index (χ2n) is 8.34. The van der Waals surface area contributed by atoms with E-state index in [1.54, 1.807) is 48.5 Å². The van der Waals surface area contributed by atoms with Gasteiger partial charge in [-0.25, -0.2) is 5.43 Å². The molecule has 0 aliphatic rings. The molecule has 3 amide bonds. The van der Waals surface area contributed by atoms with E-state index in [0.717, 1.165) is 19.3 Å². The molecule has 3 aromatic carbocycles. The Morgan fingerprint density at radius 3 is 2.03 bits per heavy atom. The topological polar surface area (TPSA) is 118 Å². The van der Waals surface area contributed by atoms with E-state index >= 15 is 0 Å². The zero-order valence-corrected chi connectivity index (χ0v) is 21.5. The summed E-state index contributed by atoms with van der Waals surface area (Å²) in [6.07, 6.45) is 4.33. The first-order chi connectivity index (χ1) is 18.5. The fraction of sp³-hybridized carbons (Fsp3) is 0.241. The van der Waals surface area contributed by atoms with Gasteiger partial charge in [-0.1, -0.05) is 32.4 Å². The maximum absolute atomic E-state index is 12.1. The van der Waals surface area contributed by atoms with Crippen LogP contribution in [0.2, 0.25) is 0 Å². The maximum atomic E-state index is 12.1. The lowest BCUT2D eigenvalue weighted by atomic mass is 10.1. The molecular formula is C29H32N4O5. The van der Waals surface area contributed by atoms with E-state index in [4.69, 9.17) is 9.47 Å². The van der Waals surface area contributed by atoms with E-state index in [9.17, 15) is 14.4 Å².